The SMILES string of the molecule is CC(C)CC(N)CCOCc1ccccc1. The van der Waals surface area contributed by atoms with Crippen LogP contribution in [-0.4, -0.2) is 12.6 Å². The lowest BCUT2D eigenvalue weighted by Crippen LogP contribution is -2.23. The molecular formula is C14H23NO. The van der Waals surface area contributed by atoms with Crippen LogP contribution in [0.5, 0.6) is 0 Å². The quantitative estimate of drug-likeness (QED) is 0.718. The summed E-state index contributed by atoms with van der Waals surface area (Å²) in [6.07, 6.45) is 2.03. The zero-order valence-electron chi connectivity index (χ0n) is 10.4. The van der Waals surface area contributed by atoms with Gasteiger partial charge < -0.3 is 10.5 Å². The zero-order chi connectivity index (χ0) is 11.8. The molecule has 0 bridgehead atoms. The van der Waals surface area contributed by atoms with E-state index in [1.54, 1.807) is 0 Å². The molecule has 1 aromatic rings. The maximum Gasteiger partial charge on any atom is 0.0716 e. The van der Waals surface area contributed by atoms with Crippen molar-refractivity contribution in [2.45, 2.75) is 39.3 Å². The Kier molecular flexibility index (Phi) is 6.12. The molecule has 0 heterocycles. The van der Waals surface area contributed by atoms with Crippen molar-refractivity contribution in [3.05, 3.63) is 35.9 Å². The molecule has 0 spiro atoms. The van der Waals surface area contributed by atoms with Gasteiger partial charge in [-0.3, -0.25) is 0 Å². The lowest BCUT2D eigenvalue weighted by atomic mass is 10.0. The highest BCUT2D eigenvalue weighted by Gasteiger charge is 2.04. The highest BCUT2D eigenvalue weighted by Crippen LogP contribution is 2.06. The van der Waals surface area contributed by atoms with Crippen molar-refractivity contribution in [3.63, 3.8) is 0 Å². The number of benzene rings is 1. The normalized spacial score (nSPS) is 13.0. The van der Waals surface area contributed by atoms with Crippen LogP contribution in [0, 0.1) is 5.92 Å². The third-order valence-electron chi connectivity index (χ3n) is 2.52. The van der Waals surface area contributed by atoms with Gasteiger partial charge in [-0.15, -0.1) is 0 Å². The Morgan fingerprint density at radius 1 is 1.19 bits per heavy atom. The van der Waals surface area contributed by atoms with E-state index in [0.717, 1.165) is 19.4 Å². The second kappa shape index (κ2) is 7.42. The first-order chi connectivity index (χ1) is 7.68. The molecule has 0 saturated carbocycles. The third kappa shape index (κ3) is 5.89. The van der Waals surface area contributed by atoms with E-state index in [4.69, 9.17) is 10.5 Å². The standard InChI is InChI=1S/C14H23NO/c1-12(2)10-14(15)8-9-16-11-13-6-4-3-5-7-13/h3-7,12,14H,8-11,15H2,1-2H3. The summed E-state index contributed by atoms with van der Waals surface area (Å²) in [5.41, 5.74) is 7.20. The summed E-state index contributed by atoms with van der Waals surface area (Å²) in [6, 6.07) is 10.5. The molecule has 0 radical (unpaired) electrons. The van der Waals surface area contributed by atoms with Gasteiger partial charge in [-0.05, 0) is 24.3 Å². The lowest BCUT2D eigenvalue weighted by Gasteiger charge is -2.13. The number of rotatable bonds is 7. The predicted molar refractivity (Wildman–Crippen MR) is 68.1 cm³/mol. The molecule has 0 aliphatic rings. The van der Waals surface area contributed by atoms with Crippen LogP contribution < -0.4 is 5.73 Å². The molecule has 2 heteroatoms. The molecule has 1 atom stereocenters. The van der Waals surface area contributed by atoms with E-state index in [1.807, 2.05) is 18.2 Å². The Labute approximate surface area is 98.8 Å². The van der Waals surface area contributed by atoms with Gasteiger partial charge in [-0.25, -0.2) is 0 Å². The van der Waals surface area contributed by atoms with Crippen molar-refractivity contribution in [1.29, 1.82) is 0 Å². The van der Waals surface area contributed by atoms with Gasteiger partial charge in [0.2, 0.25) is 0 Å². The Morgan fingerprint density at radius 2 is 1.88 bits per heavy atom. The Bertz CT molecular complexity index is 271. The fourth-order valence-corrected chi connectivity index (χ4v) is 1.72. The molecule has 1 unspecified atom stereocenters. The van der Waals surface area contributed by atoms with E-state index in [0.29, 0.717) is 12.5 Å². The maximum absolute atomic E-state index is 5.97. The van der Waals surface area contributed by atoms with Crippen molar-refractivity contribution in [3.8, 4) is 0 Å². The summed E-state index contributed by atoms with van der Waals surface area (Å²) < 4.78 is 5.59. The minimum atomic E-state index is 0.274. The largest absolute Gasteiger partial charge is 0.377 e. The summed E-state index contributed by atoms with van der Waals surface area (Å²) in [4.78, 5) is 0. The molecule has 16 heavy (non-hydrogen) atoms. The van der Waals surface area contributed by atoms with Crippen molar-refractivity contribution < 1.29 is 4.74 Å². The van der Waals surface area contributed by atoms with E-state index in [9.17, 15) is 0 Å². The highest BCUT2D eigenvalue weighted by molar-refractivity contribution is 5.13. The number of hydrogen-bond acceptors (Lipinski definition) is 2. The predicted octanol–water partition coefficient (Wildman–Crippen LogP) is 2.97. The summed E-state index contributed by atoms with van der Waals surface area (Å²) in [5.74, 6) is 0.670. The molecule has 1 aromatic carbocycles. The van der Waals surface area contributed by atoms with Gasteiger partial charge >= 0.3 is 0 Å². The molecule has 0 saturated heterocycles. The summed E-state index contributed by atoms with van der Waals surface area (Å²) in [6.45, 7) is 5.84. The molecule has 0 aromatic heterocycles. The fraction of sp³-hybridized carbons (Fsp3) is 0.571. The van der Waals surface area contributed by atoms with Crippen molar-refractivity contribution >= 4 is 0 Å². The smallest absolute Gasteiger partial charge is 0.0716 e. The van der Waals surface area contributed by atoms with E-state index in [2.05, 4.69) is 26.0 Å². The molecule has 2 N–H and O–H groups in total. The summed E-state index contributed by atoms with van der Waals surface area (Å²) in [7, 11) is 0. The molecule has 1 rings (SSSR count). The van der Waals surface area contributed by atoms with E-state index < -0.39 is 0 Å². The van der Waals surface area contributed by atoms with Gasteiger partial charge in [0.25, 0.3) is 0 Å². The van der Waals surface area contributed by atoms with Gasteiger partial charge in [0.1, 0.15) is 0 Å². The van der Waals surface area contributed by atoms with Gasteiger partial charge in [-0.1, -0.05) is 44.2 Å². The number of ether oxygens (including phenoxy) is 1. The van der Waals surface area contributed by atoms with E-state index in [1.165, 1.54) is 5.56 Å². The number of hydrogen-bond donors (Lipinski definition) is 1. The Hall–Kier alpha value is -0.860. The van der Waals surface area contributed by atoms with Gasteiger partial charge in [-0.2, -0.15) is 0 Å². The maximum atomic E-state index is 5.97. The van der Waals surface area contributed by atoms with Crippen molar-refractivity contribution in [2.24, 2.45) is 11.7 Å². The first kappa shape index (κ1) is 13.2. The minimum absolute atomic E-state index is 0.274. The van der Waals surface area contributed by atoms with E-state index >= 15 is 0 Å². The number of nitrogens with two attached hydrogens (primary N) is 1. The summed E-state index contributed by atoms with van der Waals surface area (Å²) in [5, 5.41) is 0. The first-order valence-corrected chi connectivity index (χ1v) is 6.05. The Balaban J connectivity index is 2.08. The van der Waals surface area contributed by atoms with Crippen LogP contribution in [0.4, 0.5) is 0 Å². The van der Waals surface area contributed by atoms with E-state index in [-0.39, 0.29) is 6.04 Å². The van der Waals surface area contributed by atoms with Crippen LogP contribution in [0.1, 0.15) is 32.3 Å². The monoisotopic (exact) mass is 221 g/mol. The molecule has 0 amide bonds. The molecule has 0 fully saturated rings. The molecule has 0 aliphatic heterocycles. The van der Waals surface area contributed by atoms with Crippen LogP contribution in [0.3, 0.4) is 0 Å². The van der Waals surface area contributed by atoms with Crippen LogP contribution in [0.2, 0.25) is 0 Å². The highest BCUT2D eigenvalue weighted by atomic mass is 16.5. The first-order valence-electron chi connectivity index (χ1n) is 6.05. The van der Waals surface area contributed by atoms with Gasteiger partial charge in [0, 0.05) is 12.6 Å². The van der Waals surface area contributed by atoms with Crippen LogP contribution in [0.15, 0.2) is 30.3 Å². The van der Waals surface area contributed by atoms with Gasteiger partial charge in [0.05, 0.1) is 6.61 Å². The van der Waals surface area contributed by atoms with Crippen molar-refractivity contribution in [2.75, 3.05) is 6.61 Å². The summed E-state index contributed by atoms with van der Waals surface area (Å²) >= 11 is 0. The van der Waals surface area contributed by atoms with Gasteiger partial charge in [0.15, 0.2) is 0 Å². The Morgan fingerprint density at radius 3 is 2.50 bits per heavy atom. The second-order valence-corrected chi connectivity index (χ2v) is 4.72. The minimum Gasteiger partial charge on any atom is -0.377 e. The van der Waals surface area contributed by atoms with Crippen LogP contribution >= 0.6 is 0 Å². The molecule has 2 nitrogen and oxygen atoms in total. The average molecular weight is 221 g/mol. The second-order valence-electron chi connectivity index (χ2n) is 4.72. The average Bonchev–Trinajstić information content (AvgIpc) is 2.25. The molecule has 90 valence electrons. The van der Waals surface area contributed by atoms with Crippen LogP contribution in [-0.2, 0) is 11.3 Å². The molecular weight excluding hydrogens is 198 g/mol. The third-order valence-corrected chi connectivity index (χ3v) is 2.52. The van der Waals surface area contributed by atoms with Crippen molar-refractivity contribution in [1.82, 2.24) is 0 Å². The lowest BCUT2D eigenvalue weighted by molar-refractivity contribution is 0.112. The van der Waals surface area contributed by atoms with Crippen LogP contribution in [0.25, 0.3) is 0 Å². The molecule has 0 aliphatic carbocycles. The fourth-order valence-electron chi connectivity index (χ4n) is 1.72. The topological polar surface area (TPSA) is 35.2 Å². The zero-order valence-corrected chi connectivity index (χ0v) is 10.4.